The van der Waals surface area contributed by atoms with Crippen LogP contribution in [0.4, 0.5) is 0 Å². The summed E-state index contributed by atoms with van der Waals surface area (Å²) < 4.78 is 0. The number of rotatable bonds is 3. The lowest BCUT2D eigenvalue weighted by molar-refractivity contribution is 0.0705. The summed E-state index contributed by atoms with van der Waals surface area (Å²) in [4.78, 5) is 35.2. The first-order valence-electron chi connectivity index (χ1n) is 8.75. The third-order valence-corrected chi connectivity index (χ3v) is 4.63. The number of likely N-dealkylation sites (tertiary alicyclic amines) is 1. The maximum Gasteiger partial charge on any atom is 0.255 e. The molecule has 1 unspecified atom stereocenters. The van der Waals surface area contributed by atoms with E-state index in [1.165, 1.54) is 0 Å². The molecule has 3 aromatic heterocycles. The van der Waals surface area contributed by atoms with Crippen LogP contribution in [0.5, 0.6) is 0 Å². The van der Waals surface area contributed by atoms with Crippen LogP contribution in [0.25, 0.3) is 11.5 Å². The normalized spacial score (nSPS) is 17.3. The first-order valence-corrected chi connectivity index (χ1v) is 8.75. The number of piperidine rings is 1. The molecule has 0 spiro atoms. The van der Waals surface area contributed by atoms with E-state index >= 15 is 0 Å². The number of hydrogen-bond acceptors (Lipinski definition) is 5. The van der Waals surface area contributed by atoms with Gasteiger partial charge in [-0.05, 0) is 38.0 Å². The average molecular weight is 348 g/mol. The molecule has 1 fully saturated rings. The molecule has 3 aromatic rings. The summed E-state index contributed by atoms with van der Waals surface area (Å²) in [5.74, 6) is 1.67. The SMILES string of the molecule is Cc1nc(-c2ncc[nH]2)cc(C2CCCN(C(=O)c3cccnc3)C2)n1. The van der Waals surface area contributed by atoms with Crippen molar-refractivity contribution >= 4 is 5.91 Å². The first-order chi connectivity index (χ1) is 12.7. The largest absolute Gasteiger partial charge is 0.343 e. The van der Waals surface area contributed by atoms with Crippen LogP contribution in [0, 0.1) is 6.92 Å². The van der Waals surface area contributed by atoms with Gasteiger partial charge in [0.05, 0.1) is 5.56 Å². The molecule has 1 saturated heterocycles. The van der Waals surface area contributed by atoms with Crippen molar-refractivity contribution in [3.63, 3.8) is 0 Å². The second kappa shape index (κ2) is 7.03. The topological polar surface area (TPSA) is 87.7 Å². The molecule has 1 N–H and O–H groups in total. The number of aromatic amines is 1. The van der Waals surface area contributed by atoms with Gasteiger partial charge in [-0.3, -0.25) is 9.78 Å². The summed E-state index contributed by atoms with van der Waals surface area (Å²) in [7, 11) is 0. The minimum atomic E-state index is 0.0276. The molecule has 0 saturated carbocycles. The lowest BCUT2D eigenvalue weighted by atomic mass is 9.93. The van der Waals surface area contributed by atoms with E-state index in [9.17, 15) is 4.79 Å². The number of hydrogen-bond donors (Lipinski definition) is 1. The third kappa shape index (κ3) is 3.33. The van der Waals surface area contributed by atoms with Crippen molar-refractivity contribution in [1.29, 1.82) is 0 Å². The van der Waals surface area contributed by atoms with Crippen molar-refractivity contribution in [2.75, 3.05) is 13.1 Å². The minimum absolute atomic E-state index is 0.0276. The Hall–Kier alpha value is -3.09. The third-order valence-electron chi connectivity index (χ3n) is 4.63. The Balaban J connectivity index is 1.57. The standard InChI is InChI=1S/C19H20N6O/c1-13-23-16(10-17(24-13)18-21-7-8-22-18)15-5-3-9-25(12-15)19(26)14-4-2-6-20-11-14/h2,4,6-8,10-11,15H,3,5,9,12H2,1H3,(H,21,22). The fraction of sp³-hybridized carbons (Fsp3) is 0.316. The maximum absolute atomic E-state index is 12.7. The first kappa shape index (κ1) is 16.4. The molecule has 0 radical (unpaired) electrons. The van der Waals surface area contributed by atoms with Gasteiger partial charge in [0.15, 0.2) is 5.82 Å². The predicted molar refractivity (Wildman–Crippen MR) is 96.5 cm³/mol. The molecule has 0 aromatic carbocycles. The van der Waals surface area contributed by atoms with E-state index < -0.39 is 0 Å². The van der Waals surface area contributed by atoms with Crippen LogP contribution in [0.1, 0.15) is 40.6 Å². The van der Waals surface area contributed by atoms with Gasteiger partial charge in [-0.2, -0.15) is 0 Å². The van der Waals surface area contributed by atoms with E-state index in [0.717, 1.165) is 36.6 Å². The van der Waals surface area contributed by atoms with E-state index in [4.69, 9.17) is 0 Å². The number of H-pyrrole nitrogens is 1. The molecule has 1 aliphatic rings. The Morgan fingerprint density at radius 1 is 1.31 bits per heavy atom. The Morgan fingerprint density at radius 2 is 2.23 bits per heavy atom. The summed E-state index contributed by atoms with van der Waals surface area (Å²) in [6.07, 6.45) is 8.74. The van der Waals surface area contributed by atoms with Crippen molar-refractivity contribution in [2.24, 2.45) is 0 Å². The van der Waals surface area contributed by atoms with Crippen LogP contribution in [0.3, 0.4) is 0 Å². The molecule has 1 atom stereocenters. The van der Waals surface area contributed by atoms with E-state index in [1.807, 2.05) is 24.0 Å². The highest BCUT2D eigenvalue weighted by Gasteiger charge is 2.27. The zero-order chi connectivity index (χ0) is 17.9. The smallest absolute Gasteiger partial charge is 0.255 e. The highest BCUT2D eigenvalue weighted by atomic mass is 16.2. The van der Waals surface area contributed by atoms with E-state index in [-0.39, 0.29) is 11.8 Å². The summed E-state index contributed by atoms with van der Waals surface area (Å²) in [5, 5.41) is 0. The number of carbonyl (C=O) groups is 1. The minimum Gasteiger partial charge on any atom is -0.343 e. The van der Waals surface area contributed by atoms with Crippen LogP contribution in [-0.4, -0.2) is 48.8 Å². The molecule has 4 rings (SSSR count). The molecule has 4 heterocycles. The van der Waals surface area contributed by atoms with Crippen molar-refractivity contribution in [1.82, 2.24) is 29.8 Å². The van der Waals surface area contributed by atoms with Gasteiger partial charge in [-0.15, -0.1) is 0 Å². The van der Waals surface area contributed by atoms with Crippen LogP contribution < -0.4 is 0 Å². The van der Waals surface area contributed by atoms with Crippen molar-refractivity contribution in [2.45, 2.75) is 25.7 Å². The van der Waals surface area contributed by atoms with Gasteiger partial charge in [0.2, 0.25) is 0 Å². The number of aryl methyl sites for hydroxylation is 1. The Kier molecular flexibility index (Phi) is 4.43. The lowest BCUT2D eigenvalue weighted by Crippen LogP contribution is -2.39. The fourth-order valence-electron chi connectivity index (χ4n) is 3.40. The maximum atomic E-state index is 12.7. The molecule has 1 amide bonds. The monoisotopic (exact) mass is 348 g/mol. The number of pyridine rings is 1. The number of nitrogens with zero attached hydrogens (tertiary/aromatic N) is 5. The predicted octanol–water partition coefficient (Wildman–Crippen LogP) is 2.59. The zero-order valence-corrected chi connectivity index (χ0v) is 14.6. The summed E-state index contributed by atoms with van der Waals surface area (Å²) >= 11 is 0. The quantitative estimate of drug-likeness (QED) is 0.786. The van der Waals surface area contributed by atoms with Gasteiger partial charge in [0, 0.05) is 49.5 Å². The highest BCUT2D eigenvalue weighted by Crippen LogP contribution is 2.28. The molecule has 26 heavy (non-hydrogen) atoms. The van der Waals surface area contributed by atoms with Crippen LogP contribution in [0.15, 0.2) is 43.0 Å². The molecule has 7 heteroatoms. The fourth-order valence-corrected chi connectivity index (χ4v) is 3.40. The number of amides is 1. The second-order valence-electron chi connectivity index (χ2n) is 6.50. The Labute approximate surface area is 151 Å². The van der Waals surface area contributed by atoms with Gasteiger partial charge in [-0.1, -0.05) is 0 Å². The molecule has 7 nitrogen and oxygen atoms in total. The van der Waals surface area contributed by atoms with E-state index in [0.29, 0.717) is 17.9 Å². The van der Waals surface area contributed by atoms with Crippen LogP contribution >= 0.6 is 0 Å². The number of carbonyl (C=O) groups excluding carboxylic acids is 1. The average Bonchev–Trinajstić information content (AvgIpc) is 3.23. The van der Waals surface area contributed by atoms with Crippen LogP contribution in [0.2, 0.25) is 0 Å². The van der Waals surface area contributed by atoms with E-state index in [2.05, 4.69) is 24.9 Å². The molecule has 0 bridgehead atoms. The Bertz CT molecular complexity index is 894. The van der Waals surface area contributed by atoms with Gasteiger partial charge < -0.3 is 9.88 Å². The number of aromatic nitrogens is 5. The number of imidazole rings is 1. The molecule has 132 valence electrons. The van der Waals surface area contributed by atoms with Gasteiger partial charge in [0.1, 0.15) is 11.5 Å². The van der Waals surface area contributed by atoms with Gasteiger partial charge in [0.25, 0.3) is 5.91 Å². The van der Waals surface area contributed by atoms with E-state index in [1.54, 1.807) is 30.9 Å². The van der Waals surface area contributed by atoms with Crippen molar-refractivity contribution in [3.05, 3.63) is 60.1 Å². The van der Waals surface area contributed by atoms with Crippen LogP contribution in [-0.2, 0) is 0 Å². The second-order valence-corrected chi connectivity index (χ2v) is 6.50. The van der Waals surface area contributed by atoms with Crippen molar-refractivity contribution < 1.29 is 4.79 Å². The zero-order valence-electron chi connectivity index (χ0n) is 14.6. The lowest BCUT2D eigenvalue weighted by Gasteiger charge is -2.32. The number of nitrogens with one attached hydrogen (secondary N) is 1. The van der Waals surface area contributed by atoms with Gasteiger partial charge >= 0.3 is 0 Å². The summed E-state index contributed by atoms with van der Waals surface area (Å²) in [5.41, 5.74) is 2.38. The highest BCUT2D eigenvalue weighted by molar-refractivity contribution is 5.94. The molecule has 0 aliphatic carbocycles. The summed E-state index contributed by atoms with van der Waals surface area (Å²) in [6.45, 7) is 3.30. The molecular formula is C19H20N6O. The summed E-state index contributed by atoms with van der Waals surface area (Å²) in [6, 6.07) is 5.58. The van der Waals surface area contributed by atoms with Gasteiger partial charge in [-0.25, -0.2) is 15.0 Å². The molecule has 1 aliphatic heterocycles. The Morgan fingerprint density at radius 3 is 3.00 bits per heavy atom. The molecular weight excluding hydrogens is 328 g/mol. The van der Waals surface area contributed by atoms with Crippen molar-refractivity contribution in [3.8, 4) is 11.5 Å².